The minimum atomic E-state index is -0.151. The van der Waals surface area contributed by atoms with Crippen LogP contribution in [0.25, 0.3) is 0 Å². The molecule has 1 unspecified atom stereocenters. The summed E-state index contributed by atoms with van der Waals surface area (Å²) in [6.07, 6.45) is 2.25. The number of hydrogen-bond acceptors (Lipinski definition) is 3. The van der Waals surface area contributed by atoms with Gasteiger partial charge in [-0.1, -0.05) is 0 Å². The first-order chi connectivity index (χ1) is 6.77. The predicted molar refractivity (Wildman–Crippen MR) is 59.7 cm³/mol. The van der Waals surface area contributed by atoms with Crippen molar-refractivity contribution < 1.29 is 9.53 Å². The highest BCUT2D eigenvalue weighted by molar-refractivity contribution is 9.11. The summed E-state index contributed by atoms with van der Waals surface area (Å²) in [5, 5.41) is 1.99. The van der Waals surface area contributed by atoms with Crippen molar-refractivity contribution in [1.82, 2.24) is 0 Å². The molecule has 0 spiro atoms. The minimum Gasteiger partial charge on any atom is -0.370 e. The van der Waals surface area contributed by atoms with E-state index in [1.54, 1.807) is 11.3 Å². The molecule has 0 saturated carbocycles. The largest absolute Gasteiger partial charge is 0.370 e. The molecular weight excluding hydrogens is 264 g/mol. The fourth-order valence-electron chi connectivity index (χ4n) is 1.58. The molecule has 0 N–H and O–H groups in total. The Labute approximate surface area is 95.4 Å². The third kappa shape index (κ3) is 2.24. The maximum absolute atomic E-state index is 11.7. The van der Waals surface area contributed by atoms with Crippen molar-refractivity contribution in [1.29, 1.82) is 0 Å². The molecule has 2 heterocycles. The number of ether oxygens (including phenoxy) is 1. The predicted octanol–water partition coefficient (Wildman–Crippen LogP) is 2.80. The van der Waals surface area contributed by atoms with Crippen LogP contribution >= 0.6 is 27.3 Å². The summed E-state index contributed by atoms with van der Waals surface area (Å²) < 4.78 is 6.40. The Morgan fingerprint density at radius 1 is 1.71 bits per heavy atom. The van der Waals surface area contributed by atoms with Crippen LogP contribution < -0.4 is 0 Å². The van der Waals surface area contributed by atoms with Gasteiger partial charge in [0.05, 0.1) is 3.79 Å². The molecule has 2 rings (SSSR count). The molecule has 4 heteroatoms. The van der Waals surface area contributed by atoms with Gasteiger partial charge in [0.25, 0.3) is 0 Å². The van der Waals surface area contributed by atoms with Crippen LogP contribution in [0, 0.1) is 0 Å². The molecule has 1 aliphatic rings. The van der Waals surface area contributed by atoms with E-state index >= 15 is 0 Å². The number of carbonyl (C=O) groups is 1. The van der Waals surface area contributed by atoms with Gasteiger partial charge in [0.1, 0.15) is 6.10 Å². The summed E-state index contributed by atoms with van der Waals surface area (Å²) in [6.45, 7) is 0.737. The monoisotopic (exact) mass is 274 g/mol. The summed E-state index contributed by atoms with van der Waals surface area (Å²) in [7, 11) is 0. The number of halogens is 1. The summed E-state index contributed by atoms with van der Waals surface area (Å²) >= 11 is 5.04. The van der Waals surface area contributed by atoms with Crippen LogP contribution in [-0.4, -0.2) is 18.5 Å². The van der Waals surface area contributed by atoms with Crippen LogP contribution in [0.3, 0.4) is 0 Å². The molecule has 0 bridgehead atoms. The van der Waals surface area contributed by atoms with Crippen molar-refractivity contribution in [2.24, 2.45) is 0 Å². The molecule has 1 aromatic rings. The normalized spacial score (nSPS) is 21.4. The first-order valence-electron chi connectivity index (χ1n) is 4.63. The summed E-state index contributed by atoms with van der Waals surface area (Å²) in [5.74, 6) is 0.210. The highest BCUT2D eigenvalue weighted by atomic mass is 79.9. The highest BCUT2D eigenvalue weighted by Crippen LogP contribution is 2.25. The number of hydrogen-bond donors (Lipinski definition) is 0. The number of ketones is 1. The van der Waals surface area contributed by atoms with Gasteiger partial charge in [0.15, 0.2) is 5.78 Å². The molecule has 1 fully saturated rings. The standard InChI is InChI=1S/C10H11BrO2S/c11-10-7(3-5-14-10)6-8(12)9-2-1-4-13-9/h3,5,9H,1-2,4,6H2. The van der Waals surface area contributed by atoms with Crippen molar-refractivity contribution in [3.05, 3.63) is 20.8 Å². The van der Waals surface area contributed by atoms with Crippen LogP contribution in [-0.2, 0) is 16.0 Å². The molecular formula is C10H11BrO2S. The maximum Gasteiger partial charge on any atom is 0.165 e. The van der Waals surface area contributed by atoms with Crippen LogP contribution in [0.5, 0.6) is 0 Å². The van der Waals surface area contributed by atoms with Gasteiger partial charge in [-0.2, -0.15) is 0 Å². The molecule has 0 aromatic carbocycles. The highest BCUT2D eigenvalue weighted by Gasteiger charge is 2.23. The molecule has 1 aromatic heterocycles. The Balaban J connectivity index is 1.97. The second-order valence-electron chi connectivity index (χ2n) is 3.36. The van der Waals surface area contributed by atoms with Gasteiger partial charge < -0.3 is 4.74 Å². The SMILES string of the molecule is O=C(Cc1ccsc1Br)C1CCCO1. The Morgan fingerprint density at radius 3 is 3.14 bits per heavy atom. The van der Waals surface area contributed by atoms with Gasteiger partial charge in [0, 0.05) is 13.0 Å². The van der Waals surface area contributed by atoms with Crippen molar-refractivity contribution in [3.63, 3.8) is 0 Å². The lowest BCUT2D eigenvalue weighted by Gasteiger charge is -2.06. The third-order valence-corrected chi connectivity index (χ3v) is 4.16. The van der Waals surface area contributed by atoms with Crippen molar-refractivity contribution in [2.75, 3.05) is 6.61 Å². The molecule has 0 radical (unpaired) electrons. The molecule has 1 saturated heterocycles. The van der Waals surface area contributed by atoms with Crippen LogP contribution in [0.4, 0.5) is 0 Å². The van der Waals surface area contributed by atoms with E-state index in [0.29, 0.717) is 6.42 Å². The van der Waals surface area contributed by atoms with E-state index in [0.717, 1.165) is 28.8 Å². The molecule has 14 heavy (non-hydrogen) atoms. The lowest BCUT2D eigenvalue weighted by molar-refractivity contribution is -0.127. The number of carbonyl (C=O) groups excluding carboxylic acids is 1. The number of thiophene rings is 1. The average molecular weight is 275 g/mol. The minimum absolute atomic E-state index is 0.151. The molecule has 1 atom stereocenters. The molecule has 1 aliphatic heterocycles. The van der Waals surface area contributed by atoms with E-state index in [4.69, 9.17) is 4.74 Å². The van der Waals surface area contributed by atoms with Gasteiger partial charge in [-0.25, -0.2) is 0 Å². The molecule has 76 valence electrons. The van der Waals surface area contributed by atoms with Gasteiger partial charge in [-0.05, 0) is 45.8 Å². The fourth-order valence-corrected chi connectivity index (χ4v) is 2.82. The first kappa shape index (κ1) is 10.3. The summed E-state index contributed by atoms with van der Waals surface area (Å²) in [5.41, 5.74) is 1.08. The lowest BCUT2D eigenvalue weighted by Crippen LogP contribution is -2.21. The average Bonchev–Trinajstić information content (AvgIpc) is 2.77. The van der Waals surface area contributed by atoms with Crippen LogP contribution in [0.2, 0.25) is 0 Å². The van der Waals surface area contributed by atoms with E-state index in [1.807, 2.05) is 11.4 Å². The van der Waals surface area contributed by atoms with Gasteiger partial charge in [0.2, 0.25) is 0 Å². The van der Waals surface area contributed by atoms with Crippen LogP contribution in [0.15, 0.2) is 15.2 Å². The van der Waals surface area contributed by atoms with E-state index in [2.05, 4.69) is 15.9 Å². The lowest BCUT2D eigenvalue weighted by atomic mass is 10.1. The first-order valence-corrected chi connectivity index (χ1v) is 6.31. The molecule has 0 aliphatic carbocycles. The van der Waals surface area contributed by atoms with E-state index in [1.165, 1.54) is 0 Å². The zero-order valence-corrected chi connectivity index (χ0v) is 10.1. The van der Waals surface area contributed by atoms with E-state index in [-0.39, 0.29) is 11.9 Å². The maximum atomic E-state index is 11.7. The Kier molecular flexibility index (Phi) is 3.36. The smallest absolute Gasteiger partial charge is 0.165 e. The van der Waals surface area contributed by atoms with Crippen LogP contribution in [0.1, 0.15) is 18.4 Å². The third-order valence-electron chi connectivity index (χ3n) is 2.35. The Bertz CT molecular complexity index is 329. The molecule has 0 amide bonds. The second kappa shape index (κ2) is 4.55. The zero-order valence-electron chi connectivity index (χ0n) is 7.66. The fraction of sp³-hybridized carbons (Fsp3) is 0.500. The number of Topliss-reactive ketones (excluding diaryl/α,β-unsaturated/α-hetero) is 1. The van der Waals surface area contributed by atoms with Gasteiger partial charge in [-0.15, -0.1) is 11.3 Å². The molecule has 2 nitrogen and oxygen atoms in total. The summed E-state index contributed by atoms with van der Waals surface area (Å²) in [4.78, 5) is 11.7. The van der Waals surface area contributed by atoms with Crippen molar-refractivity contribution in [3.8, 4) is 0 Å². The van der Waals surface area contributed by atoms with E-state index in [9.17, 15) is 4.79 Å². The zero-order chi connectivity index (χ0) is 9.97. The number of rotatable bonds is 3. The van der Waals surface area contributed by atoms with Gasteiger partial charge >= 0.3 is 0 Å². The second-order valence-corrected chi connectivity index (χ2v) is 5.60. The Hall–Kier alpha value is -0.190. The summed E-state index contributed by atoms with van der Waals surface area (Å²) in [6, 6.07) is 1.99. The van der Waals surface area contributed by atoms with Gasteiger partial charge in [-0.3, -0.25) is 4.79 Å². The Morgan fingerprint density at radius 2 is 2.57 bits per heavy atom. The topological polar surface area (TPSA) is 26.3 Å². The van der Waals surface area contributed by atoms with Crippen molar-refractivity contribution in [2.45, 2.75) is 25.4 Å². The van der Waals surface area contributed by atoms with E-state index < -0.39 is 0 Å². The van der Waals surface area contributed by atoms with Crippen molar-refractivity contribution >= 4 is 33.0 Å². The quantitative estimate of drug-likeness (QED) is 0.848.